The SMILES string of the molecule is CC(C)(C)c1ccc(NC(=O)Nc2cc(-n3cccn3)ncn2)cc1. The van der Waals surface area contributed by atoms with Crippen LogP contribution in [0.2, 0.25) is 0 Å². The summed E-state index contributed by atoms with van der Waals surface area (Å²) in [4.78, 5) is 20.3. The van der Waals surface area contributed by atoms with Crippen LogP contribution in [0.15, 0.2) is 55.1 Å². The molecule has 0 saturated heterocycles. The summed E-state index contributed by atoms with van der Waals surface area (Å²) in [6, 6.07) is 10.9. The molecule has 0 radical (unpaired) electrons. The van der Waals surface area contributed by atoms with Gasteiger partial charge >= 0.3 is 6.03 Å². The first-order valence-corrected chi connectivity index (χ1v) is 7.92. The number of hydrogen-bond acceptors (Lipinski definition) is 4. The van der Waals surface area contributed by atoms with Gasteiger partial charge in [-0.05, 0) is 29.2 Å². The zero-order valence-electron chi connectivity index (χ0n) is 14.4. The molecular weight excluding hydrogens is 316 g/mol. The third kappa shape index (κ3) is 4.20. The summed E-state index contributed by atoms with van der Waals surface area (Å²) in [6.07, 6.45) is 4.80. The van der Waals surface area contributed by atoms with Crippen LogP contribution in [0.1, 0.15) is 26.3 Å². The molecule has 2 amide bonds. The minimum atomic E-state index is -0.367. The molecule has 0 atom stereocenters. The van der Waals surface area contributed by atoms with Gasteiger partial charge in [-0.15, -0.1) is 0 Å². The van der Waals surface area contributed by atoms with Crippen LogP contribution in [-0.2, 0) is 5.41 Å². The van der Waals surface area contributed by atoms with Crippen molar-refractivity contribution in [2.75, 3.05) is 10.6 Å². The van der Waals surface area contributed by atoms with Crippen LogP contribution in [0, 0.1) is 0 Å². The molecule has 3 rings (SSSR count). The Labute approximate surface area is 146 Å². The number of nitrogens with zero attached hydrogens (tertiary/aromatic N) is 4. The van der Waals surface area contributed by atoms with E-state index in [0.717, 1.165) is 0 Å². The highest BCUT2D eigenvalue weighted by Crippen LogP contribution is 2.23. The molecule has 0 spiro atoms. The summed E-state index contributed by atoms with van der Waals surface area (Å²) in [5.74, 6) is 0.967. The van der Waals surface area contributed by atoms with Crippen LogP contribution in [0.5, 0.6) is 0 Å². The van der Waals surface area contributed by atoms with E-state index in [0.29, 0.717) is 17.3 Å². The number of carbonyl (C=O) groups excluding carboxylic acids is 1. The highest BCUT2D eigenvalue weighted by molar-refractivity contribution is 5.99. The van der Waals surface area contributed by atoms with Crippen molar-refractivity contribution in [3.63, 3.8) is 0 Å². The molecule has 0 bridgehead atoms. The van der Waals surface area contributed by atoms with E-state index >= 15 is 0 Å². The van der Waals surface area contributed by atoms with Gasteiger partial charge in [0.25, 0.3) is 0 Å². The van der Waals surface area contributed by atoms with E-state index in [-0.39, 0.29) is 11.4 Å². The summed E-state index contributed by atoms with van der Waals surface area (Å²) in [6.45, 7) is 6.44. The molecule has 0 unspecified atom stereocenters. The Hall–Kier alpha value is -3.22. The average molecular weight is 336 g/mol. The third-order valence-electron chi connectivity index (χ3n) is 3.64. The molecule has 0 saturated carbocycles. The molecule has 0 fully saturated rings. The second kappa shape index (κ2) is 6.72. The normalized spacial score (nSPS) is 11.2. The number of nitrogens with one attached hydrogen (secondary N) is 2. The topological polar surface area (TPSA) is 84.7 Å². The zero-order chi connectivity index (χ0) is 17.9. The fraction of sp³-hybridized carbons (Fsp3) is 0.222. The fourth-order valence-corrected chi connectivity index (χ4v) is 2.28. The van der Waals surface area contributed by atoms with Crippen molar-refractivity contribution in [2.24, 2.45) is 0 Å². The van der Waals surface area contributed by atoms with Crippen molar-refractivity contribution in [1.29, 1.82) is 0 Å². The number of urea groups is 1. The third-order valence-corrected chi connectivity index (χ3v) is 3.64. The molecule has 25 heavy (non-hydrogen) atoms. The average Bonchev–Trinajstić information content (AvgIpc) is 3.09. The first kappa shape index (κ1) is 16.6. The molecule has 7 heteroatoms. The Morgan fingerprint density at radius 3 is 2.48 bits per heavy atom. The number of anilines is 2. The fourth-order valence-electron chi connectivity index (χ4n) is 2.28. The Balaban J connectivity index is 1.66. The molecule has 0 aliphatic heterocycles. The van der Waals surface area contributed by atoms with Gasteiger partial charge in [0.2, 0.25) is 0 Å². The first-order chi connectivity index (χ1) is 11.9. The van der Waals surface area contributed by atoms with Gasteiger partial charge in [0, 0.05) is 24.1 Å². The number of rotatable bonds is 3. The lowest BCUT2D eigenvalue weighted by atomic mass is 9.87. The second-order valence-corrected chi connectivity index (χ2v) is 6.62. The lowest BCUT2D eigenvalue weighted by Gasteiger charge is -2.19. The molecule has 2 aromatic heterocycles. The number of benzene rings is 1. The molecule has 7 nitrogen and oxygen atoms in total. The number of carbonyl (C=O) groups is 1. The quantitative estimate of drug-likeness (QED) is 0.765. The number of amides is 2. The van der Waals surface area contributed by atoms with E-state index in [1.165, 1.54) is 11.9 Å². The van der Waals surface area contributed by atoms with Crippen molar-refractivity contribution >= 4 is 17.5 Å². The van der Waals surface area contributed by atoms with Gasteiger partial charge in [-0.3, -0.25) is 5.32 Å². The summed E-state index contributed by atoms with van der Waals surface area (Å²) < 4.78 is 1.59. The molecule has 1 aromatic carbocycles. The van der Waals surface area contributed by atoms with Gasteiger partial charge < -0.3 is 5.32 Å². The second-order valence-electron chi connectivity index (χ2n) is 6.62. The number of hydrogen-bond donors (Lipinski definition) is 2. The van der Waals surface area contributed by atoms with Crippen LogP contribution >= 0.6 is 0 Å². The van der Waals surface area contributed by atoms with E-state index in [1.54, 1.807) is 29.2 Å². The zero-order valence-corrected chi connectivity index (χ0v) is 14.4. The van der Waals surface area contributed by atoms with Crippen LogP contribution in [0.25, 0.3) is 5.82 Å². The maximum absolute atomic E-state index is 12.2. The monoisotopic (exact) mass is 336 g/mol. The molecule has 2 N–H and O–H groups in total. The van der Waals surface area contributed by atoms with Crippen molar-refractivity contribution in [3.05, 3.63) is 60.7 Å². The summed E-state index contributed by atoms with van der Waals surface area (Å²) in [7, 11) is 0. The first-order valence-electron chi connectivity index (χ1n) is 7.92. The summed E-state index contributed by atoms with van der Waals surface area (Å²) in [5, 5.41) is 9.59. The molecule has 128 valence electrons. The lowest BCUT2D eigenvalue weighted by molar-refractivity contribution is 0.262. The van der Waals surface area contributed by atoms with Crippen molar-refractivity contribution in [1.82, 2.24) is 19.7 Å². The van der Waals surface area contributed by atoms with Crippen molar-refractivity contribution < 1.29 is 4.79 Å². The van der Waals surface area contributed by atoms with Gasteiger partial charge in [-0.1, -0.05) is 32.9 Å². The van der Waals surface area contributed by atoms with Crippen LogP contribution < -0.4 is 10.6 Å². The largest absolute Gasteiger partial charge is 0.324 e. The maximum atomic E-state index is 12.2. The van der Waals surface area contributed by atoms with E-state index < -0.39 is 0 Å². The summed E-state index contributed by atoms with van der Waals surface area (Å²) >= 11 is 0. The van der Waals surface area contributed by atoms with E-state index in [2.05, 4.69) is 46.5 Å². The van der Waals surface area contributed by atoms with Crippen LogP contribution in [0.4, 0.5) is 16.3 Å². The minimum absolute atomic E-state index is 0.0741. The van der Waals surface area contributed by atoms with Crippen LogP contribution in [-0.4, -0.2) is 25.8 Å². The highest BCUT2D eigenvalue weighted by atomic mass is 16.2. The van der Waals surface area contributed by atoms with E-state index in [1.807, 2.05) is 24.3 Å². The molecule has 2 heterocycles. The Morgan fingerprint density at radius 1 is 1.08 bits per heavy atom. The number of aromatic nitrogens is 4. The van der Waals surface area contributed by atoms with Crippen molar-refractivity contribution in [2.45, 2.75) is 26.2 Å². The predicted molar refractivity (Wildman–Crippen MR) is 96.9 cm³/mol. The van der Waals surface area contributed by atoms with E-state index in [4.69, 9.17) is 0 Å². The minimum Gasteiger partial charge on any atom is -0.308 e. The predicted octanol–water partition coefficient (Wildman–Crippen LogP) is 3.60. The standard InChI is InChI=1S/C18H20N6O/c1-18(2,3)13-5-7-14(8-6-13)22-17(25)23-15-11-16(20-12-19-15)24-10-4-9-21-24/h4-12H,1-3H3,(H2,19,20,22,23,25). The maximum Gasteiger partial charge on any atom is 0.324 e. The van der Waals surface area contributed by atoms with Gasteiger partial charge in [0.1, 0.15) is 12.1 Å². The highest BCUT2D eigenvalue weighted by Gasteiger charge is 2.13. The Bertz CT molecular complexity index is 850. The summed E-state index contributed by atoms with van der Waals surface area (Å²) in [5.41, 5.74) is 2.00. The van der Waals surface area contributed by atoms with Crippen LogP contribution in [0.3, 0.4) is 0 Å². The van der Waals surface area contributed by atoms with Gasteiger partial charge in [0.05, 0.1) is 0 Å². The lowest BCUT2D eigenvalue weighted by Crippen LogP contribution is -2.20. The smallest absolute Gasteiger partial charge is 0.308 e. The van der Waals surface area contributed by atoms with Gasteiger partial charge in [0.15, 0.2) is 5.82 Å². The Morgan fingerprint density at radius 2 is 1.84 bits per heavy atom. The van der Waals surface area contributed by atoms with Crippen molar-refractivity contribution in [3.8, 4) is 5.82 Å². The van der Waals surface area contributed by atoms with E-state index in [9.17, 15) is 4.79 Å². The molecule has 3 aromatic rings. The molecule has 0 aliphatic carbocycles. The van der Waals surface area contributed by atoms with Gasteiger partial charge in [-0.2, -0.15) is 5.10 Å². The van der Waals surface area contributed by atoms with Gasteiger partial charge in [-0.25, -0.2) is 19.4 Å². The Kier molecular flexibility index (Phi) is 4.47. The molecular formula is C18H20N6O. The molecule has 0 aliphatic rings.